The van der Waals surface area contributed by atoms with Crippen LogP contribution < -0.4 is 0 Å². The number of sulfonamides is 1. The second-order valence-corrected chi connectivity index (χ2v) is 11.0. The fraction of sp³-hybridized carbons (Fsp3) is 0.320. The van der Waals surface area contributed by atoms with Crippen LogP contribution in [-0.4, -0.2) is 43.2 Å². The van der Waals surface area contributed by atoms with Crippen LogP contribution in [0.25, 0.3) is 0 Å². The average Bonchev–Trinajstić information content (AvgIpc) is 3.28. The second kappa shape index (κ2) is 9.57. The summed E-state index contributed by atoms with van der Waals surface area (Å²) in [6.07, 6.45) is 1.43. The van der Waals surface area contributed by atoms with Gasteiger partial charge in [0.1, 0.15) is 0 Å². The Kier molecular flexibility index (Phi) is 6.79. The van der Waals surface area contributed by atoms with Crippen molar-refractivity contribution in [1.29, 1.82) is 0 Å². The Labute approximate surface area is 194 Å². The zero-order valence-corrected chi connectivity index (χ0v) is 20.0. The molecule has 1 aliphatic rings. The van der Waals surface area contributed by atoms with Crippen LogP contribution in [0.15, 0.2) is 70.9 Å². The maximum Gasteiger partial charge on any atom is 0.243 e. The third-order valence-corrected chi connectivity index (χ3v) is 8.70. The summed E-state index contributed by atoms with van der Waals surface area (Å²) >= 11 is 1.72. The Hall–Kier alpha value is -2.48. The van der Waals surface area contributed by atoms with Gasteiger partial charge in [0.15, 0.2) is 0 Å². The van der Waals surface area contributed by atoms with Gasteiger partial charge in [0.25, 0.3) is 0 Å². The number of fused-ring (bicyclic) bond motifs is 1. The van der Waals surface area contributed by atoms with E-state index in [2.05, 4.69) is 11.4 Å². The minimum atomic E-state index is -3.76. The van der Waals surface area contributed by atoms with Crippen molar-refractivity contribution in [3.63, 3.8) is 0 Å². The fourth-order valence-corrected chi connectivity index (χ4v) is 6.60. The van der Waals surface area contributed by atoms with Crippen LogP contribution >= 0.6 is 11.3 Å². The Bertz CT molecular complexity index is 1170. The molecule has 0 spiro atoms. The average molecular weight is 469 g/mol. The first-order valence-electron chi connectivity index (χ1n) is 10.9. The number of amides is 1. The molecule has 0 N–H and O–H groups in total. The Morgan fingerprint density at radius 3 is 2.50 bits per heavy atom. The summed E-state index contributed by atoms with van der Waals surface area (Å²) in [7, 11) is -3.76. The van der Waals surface area contributed by atoms with Gasteiger partial charge in [0, 0.05) is 18.0 Å². The Morgan fingerprint density at radius 2 is 1.81 bits per heavy atom. The molecule has 1 amide bonds. The molecule has 1 aromatic heterocycles. The van der Waals surface area contributed by atoms with Gasteiger partial charge < -0.3 is 4.90 Å². The Balaban J connectivity index is 1.64. The first-order chi connectivity index (χ1) is 15.4. The van der Waals surface area contributed by atoms with E-state index in [4.69, 9.17) is 0 Å². The number of carbonyl (C=O) groups excluding carboxylic acids is 1. The molecule has 7 heteroatoms. The van der Waals surface area contributed by atoms with Crippen molar-refractivity contribution in [2.75, 3.05) is 19.6 Å². The van der Waals surface area contributed by atoms with Gasteiger partial charge >= 0.3 is 0 Å². The lowest BCUT2D eigenvalue weighted by atomic mass is 9.93. The van der Waals surface area contributed by atoms with Crippen molar-refractivity contribution in [3.05, 3.63) is 87.6 Å². The fourth-order valence-electron chi connectivity index (χ4n) is 4.21. The zero-order valence-electron chi connectivity index (χ0n) is 18.4. The molecule has 168 valence electrons. The van der Waals surface area contributed by atoms with Crippen LogP contribution in [-0.2, 0) is 21.2 Å². The topological polar surface area (TPSA) is 57.7 Å². The Morgan fingerprint density at radius 1 is 1.09 bits per heavy atom. The summed E-state index contributed by atoms with van der Waals surface area (Å²) in [5.74, 6) is -0.167. The van der Waals surface area contributed by atoms with E-state index < -0.39 is 10.0 Å². The lowest BCUT2D eigenvalue weighted by molar-refractivity contribution is -0.133. The van der Waals surface area contributed by atoms with Crippen LogP contribution in [0.1, 0.15) is 41.0 Å². The standard InChI is InChI=1S/C25H28N2O3S2/c1-3-15-26(32(29,30)21-11-9-19(2)10-12-21)18-24(28)27-16-13-23-22(14-17-31-23)25(27)20-7-5-4-6-8-20/h4-12,14,17,25H,3,13,15-16,18H2,1-2H3. The molecule has 0 saturated heterocycles. The molecule has 0 saturated carbocycles. The van der Waals surface area contributed by atoms with Crippen molar-refractivity contribution >= 4 is 27.3 Å². The van der Waals surface area contributed by atoms with Gasteiger partial charge in [-0.3, -0.25) is 4.79 Å². The SMILES string of the molecule is CCCN(CC(=O)N1CCc2sccc2C1c1ccccc1)S(=O)(=O)c1ccc(C)cc1. The van der Waals surface area contributed by atoms with Crippen molar-refractivity contribution in [2.45, 2.75) is 37.6 Å². The largest absolute Gasteiger partial charge is 0.330 e. The van der Waals surface area contributed by atoms with Gasteiger partial charge in [-0.2, -0.15) is 4.31 Å². The normalized spacial score (nSPS) is 16.2. The van der Waals surface area contributed by atoms with E-state index in [-0.39, 0.29) is 23.4 Å². The maximum absolute atomic E-state index is 13.6. The van der Waals surface area contributed by atoms with E-state index in [9.17, 15) is 13.2 Å². The highest BCUT2D eigenvalue weighted by molar-refractivity contribution is 7.89. The lowest BCUT2D eigenvalue weighted by Crippen LogP contribution is -2.46. The quantitative estimate of drug-likeness (QED) is 0.508. The number of rotatable bonds is 7. The highest BCUT2D eigenvalue weighted by Crippen LogP contribution is 2.37. The number of benzene rings is 2. The number of hydrogen-bond acceptors (Lipinski definition) is 4. The first kappa shape index (κ1) is 22.7. The van der Waals surface area contributed by atoms with E-state index in [0.29, 0.717) is 19.5 Å². The third-order valence-electron chi connectivity index (χ3n) is 5.84. The number of nitrogens with zero attached hydrogens (tertiary/aromatic N) is 2. The molecule has 0 fully saturated rings. The van der Waals surface area contributed by atoms with Gasteiger partial charge in [-0.15, -0.1) is 11.3 Å². The smallest absolute Gasteiger partial charge is 0.243 e. The summed E-state index contributed by atoms with van der Waals surface area (Å²) in [5, 5.41) is 2.07. The highest BCUT2D eigenvalue weighted by atomic mass is 32.2. The molecule has 1 unspecified atom stereocenters. The van der Waals surface area contributed by atoms with Crippen LogP contribution in [0.2, 0.25) is 0 Å². The van der Waals surface area contributed by atoms with Crippen LogP contribution in [0.5, 0.6) is 0 Å². The van der Waals surface area contributed by atoms with E-state index in [1.54, 1.807) is 35.6 Å². The van der Waals surface area contributed by atoms with Gasteiger partial charge in [0.05, 0.1) is 17.5 Å². The summed E-state index contributed by atoms with van der Waals surface area (Å²) in [6.45, 7) is 4.56. The summed E-state index contributed by atoms with van der Waals surface area (Å²) in [4.78, 5) is 16.9. The molecule has 1 atom stereocenters. The molecular formula is C25H28N2O3S2. The maximum atomic E-state index is 13.6. The molecule has 0 radical (unpaired) electrons. The lowest BCUT2D eigenvalue weighted by Gasteiger charge is -2.37. The van der Waals surface area contributed by atoms with Crippen molar-refractivity contribution in [2.24, 2.45) is 0 Å². The van der Waals surface area contributed by atoms with Gasteiger partial charge in [-0.05, 0) is 54.5 Å². The summed E-state index contributed by atoms with van der Waals surface area (Å²) in [5.41, 5.74) is 3.18. The third kappa shape index (κ3) is 4.51. The predicted molar refractivity (Wildman–Crippen MR) is 128 cm³/mol. The number of thiophene rings is 1. The first-order valence-corrected chi connectivity index (χ1v) is 13.2. The molecule has 2 aromatic carbocycles. The summed E-state index contributed by atoms with van der Waals surface area (Å²) in [6, 6.07) is 18.7. The zero-order chi connectivity index (χ0) is 22.7. The minimum Gasteiger partial charge on any atom is -0.330 e. The molecule has 0 aliphatic carbocycles. The highest BCUT2D eigenvalue weighted by Gasteiger charge is 2.35. The number of hydrogen-bond donors (Lipinski definition) is 0. The molecule has 0 bridgehead atoms. The van der Waals surface area contributed by atoms with E-state index in [0.717, 1.165) is 23.1 Å². The second-order valence-electron chi connectivity index (χ2n) is 8.10. The molecule has 4 rings (SSSR count). The molecule has 2 heterocycles. The molecule has 32 heavy (non-hydrogen) atoms. The predicted octanol–water partition coefficient (Wildman–Crippen LogP) is 4.63. The van der Waals surface area contributed by atoms with Crippen molar-refractivity contribution in [3.8, 4) is 0 Å². The van der Waals surface area contributed by atoms with Gasteiger partial charge in [-0.25, -0.2) is 8.42 Å². The number of aryl methyl sites for hydroxylation is 1. The van der Waals surface area contributed by atoms with E-state index in [1.165, 1.54) is 9.18 Å². The monoisotopic (exact) mass is 468 g/mol. The molecule has 5 nitrogen and oxygen atoms in total. The van der Waals surface area contributed by atoms with Crippen LogP contribution in [0.3, 0.4) is 0 Å². The summed E-state index contributed by atoms with van der Waals surface area (Å²) < 4.78 is 28.0. The van der Waals surface area contributed by atoms with Gasteiger partial charge in [-0.1, -0.05) is 55.0 Å². The van der Waals surface area contributed by atoms with E-state index >= 15 is 0 Å². The molecular weight excluding hydrogens is 440 g/mol. The van der Waals surface area contributed by atoms with Gasteiger partial charge in [0.2, 0.25) is 15.9 Å². The van der Waals surface area contributed by atoms with Crippen molar-refractivity contribution in [1.82, 2.24) is 9.21 Å². The minimum absolute atomic E-state index is 0.160. The van der Waals surface area contributed by atoms with Crippen LogP contribution in [0.4, 0.5) is 0 Å². The molecule has 3 aromatic rings. The van der Waals surface area contributed by atoms with Crippen LogP contribution in [0, 0.1) is 6.92 Å². The molecule has 1 aliphatic heterocycles. The van der Waals surface area contributed by atoms with E-state index in [1.807, 2.05) is 49.1 Å². The van der Waals surface area contributed by atoms with Crippen molar-refractivity contribution < 1.29 is 13.2 Å². The number of carbonyl (C=O) groups is 1.